The maximum absolute atomic E-state index is 8.73. The first-order chi connectivity index (χ1) is 9.17. The Labute approximate surface area is 119 Å². The van der Waals surface area contributed by atoms with Crippen LogP contribution < -0.4 is 10.6 Å². The number of benzene rings is 1. The van der Waals surface area contributed by atoms with Gasteiger partial charge in [-0.15, -0.1) is 0 Å². The first-order valence-corrected chi connectivity index (χ1v) is 6.22. The van der Waals surface area contributed by atoms with Crippen molar-refractivity contribution in [2.75, 3.05) is 23.8 Å². The van der Waals surface area contributed by atoms with Crippen molar-refractivity contribution in [3.8, 4) is 0 Å². The molecular weight excluding hydrogens is 289 g/mol. The van der Waals surface area contributed by atoms with Crippen molar-refractivity contribution in [1.82, 2.24) is 15.0 Å². The largest absolute Gasteiger partial charge is 0.395 e. The monoisotopic (exact) mass is 299 g/mol. The van der Waals surface area contributed by atoms with E-state index in [9.17, 15) is 0 Å². The lowest BCUT2D eigenvalue weighted by Gasteiger charge is -2.07. The number of aliphatic hydroxyl groups is 1. The summed E-state index contributed by atoms with van der Waals surface area (Å²) in [6.45, 7) is 0.309. The number of rotatable bonds is 5. The molecular formula is C11H11Cl2N5O. The quantitative estimate of drug-likeness (QED) is 0.786. The first-order valence-electron chi connectivity index (χ1n) is 5.46. The Morgan fingerprint density at radius 1 is 1.00 bits per heavy atom. The van der Waals surface area contributed by atoms with E-state index in [4.69, 9.17) is 28.3 Å². The third-order valence-corrected chi connectivity index (χ3v) is 2.52. The van der Waals surface area contributed by atoms with Gasteiger partial charge in [0, 0.05) is 17.3 Å². The third-order valence-electron chi connectivity index (χ3n) is 2.10. The molecule has 0 amide bonds. The Morgan fingerprint density at radius 2 is 1.68 bits per heavy atom. The summed E-state index contributed by atoms with van der Waals surface area (Å²) in [6, 6.07) is 7.08. The number of aromatic nitrogens is 3. The van der Waals surface area contributed by atoms with Crippen molar-refractivity contribution in [3.63, 3.8) is 0 Å². The molecule has 0 atom stereocenters. The molecule has 0 radical (unpaired) electrons. The fourth-order valence-electron chi connectivity index (χ4n) is 1.32. The number of hydrogen-bond donors (Lipinski definition) is 3. The summed E-state index contributed by atoms with van der Waals surface area (Å²) >= 11 is 11.6. The molecule has 0 bridgehead atoms. The van der Waals surface area contributed by atoms with E-state index in [0.717, 1.165) is 5.69 Å². The zero-order valence-electron chi connectivity index (χ0n) is 9.77. The van der Waals surface area contributed by atoms with Crippen molar-refractivity contribution < 1.29 is 5.11 Å². The Hall–Kier alpha value is -1.63. The summed E-state index contributed by atoms with van der Waals surface area (Å²) in [7, 11) is 0. The van der Waals surface area contributed by atoms with Gasteiger partial charge in [0.25, 0.3) is 0 Å². The van der Waals surface area contributed by atoms with Gasteiger partial charge in [-0.25, -0.2) is 0 Å². The van der Waals surface area contributed by atoms with Crippen molar-refractivity contribution >= 4 is 40.8 Å². The second-order valence-electron chi connectivity index (χ2n) is 3.53. The Bertz CT molecular complexity index is 549. The Morgan fingerprint density at radius 3 is 2.37 bits per heavy atom. The van der Waals surface area contributed by atoms with Crippen LogP contribution >= 0.6 is 23.2 Å². The number of anilines is 3. The smallest absolute Gasteiger partial charge is 0.233 e. The molecule has 0 fully saturated rings. The van der Waals surface area contributed by atoms with E-state index < -0.39 is 0 Å². The van der Waals surface area contributed by atoms with E-state index >= 15 is 0 Å². The molecule has 1 heterocycles. The van der Waals surface area contributed by atoms with E-state index in [1.54, 1.807) is 24.3 Å². The van der Waals surface area contributed by atoms with E-state index in [1.165, 1.54) is 0 Å². The maximum atomic E-state index is 8.73. The van der Waals surface area contributed by atoms with Crippen LogP contribution in [0.25, 0.3) is 0 Å². The van der Waals surface area contributed by atoms with Gasteiger partial charge in [-0.1, -0.05) is 11.6 Å². The molecule has 2 aromatic rings. The number of aliphatic hydroxyl groups excluding tert-OH is 1. The predicted molar refractivity (Wildman–Crippen MR) is 75.1 cm³/mol. The minimum Gasteiger partial charge on any atom is -0.395 e. The molecule has 19 heavy (non-hydrogen) atoms. The van der Waals surface area contributed by atoms with Crippen LogP contribution in [0, 0.1) is 0 Å². The van der Waals surface area contributed by atoms with Gasteiger partial charge in [-0.2, -0.15) is 15.0 Å². The van der Waals surface area contributed by atoms with E-state index in [-0.39, 0.29) is 11.9 Å². The van der Waals surface area contributed by atoms with Crippen molar-refractivity contribution in [1.29, 1.82) is 0 Å². The van der Waals surface area contributed by atoms with Gasteiger partial charge in [0.15, 0.2) is 0 Å². The van der Waals surface area contributed by atoms with Crippen LogP contribution in [0.2, 0.25) is 10.3 Å². The van der Waals surface area contributed by atoms with Gasteiger partial charge in [0.2, 0.25) is 17.2 Å². The summed E-state index contributed by atoms with van der Waals surface area (Å²) in [5.41, 5.74) is 0.778. The van der Waals surface area contributed by atoms with Crippen LogP contribution in [0.3, 0.4) is 0 Å². The maximum Gasteiger partial charge on any atom is 0.233 e. The van der Waals surface area contributed by atoms with Gasteiger partial charge in [-0.3, -0.25) is 0 Å². The lowest BCUT2D eigenvalue weighted by atomic mass is 10.3. The van der Waals surface area contributed by atoms with Crippen LogP contribution in [0.5, 0.6) is 0 Å². The summed E-state index contributed by atoms with van der Waals surface area (Å²) in [5, 5.41) is 15.2. The minimum absolute atomic E-state index is 0.0246. The third kappa shape index (κ3) is 4.20. The average Bonchev–Trinajstić information content (AvgIpc) is 2.38. The van der Waals surface area contributed by atoms with Crippen LogP contribution in [0.4, 0.5) is 17.6 Å². The molecule has 2 rings (SSSR count). The highest BCUT2D eigenvalue weighted by Crippen LogP contribution is 2.18. The van der Waals surface area contributed by atoms with E-state index in [1.807, 2.05) is 0 Å². The normalized spacial score (nSPS) is 10.3. The molecule has 0 spiro atoms. The zero-order valence-corrected chi connectivity index (χ0v) is 11.3. The molecule has 0 aliphatic heterocycles. The number of nitrogens with zero attached hydrogens (tertiary/aromatic N) is 3. The minimum atomic E-state index is -0.0246. The topological polar surface area (TPSA) is 83.0 Å². The molecule has 6 nitrogen and oxygen atoms in total. The lowest BCUT2D eigenvalue weighted by Crippen LogP contribution is -2.10. The summed E-state index contributed by atoms with van der Waals surface area (Å²) in [6.07, 6.45) is 0. The number of hydrogen-bond acceptors (Lipinski definition) is 6. The van der Waals surface area contributed by atoms with Crippen LogP contribution in [0.15, 0.2) is 24.3 Å². The van der Waals surface area contributed by atoms with Gasteiger partial charge >= 0.3 is 0 Å². The molecule has 0 aliphatic carbocycles. The molecule has 0 unspecified atom stereocenters. The summed E-state index contributed by atoms with van der Waals surface area (Å²) in [5.74, 6) is 0.605. The second-order valence-corrected chi connectivity index (χ2v) is 4.31. The van der Waals surface area contributed by atoms with Crippen molar-refractivity contribution in [3.05, 3.63) is 34.6 Å². The van der Waals surface area contributed by atoms with Gasteiger partial charge in [0.05, 0.1) is 6.61 Å². The highest BCUT2D eigenvalue weighted by Gasteiger charge is 2.05. The first kappa shape index (κ1) is 13.8. The van der Waals surface area contributed by atoms with Crippen molar-refractivity contribution in [2.24, 2.45) is 0 Å². The highest BCUT2D eigenvalue weighted by atomic mass is 35.5. The van der Waals surface area contributed by atoms with Gasteiger partial charge in [-0.05, 0) is 35.9 Å². The molecule has 0 saturated carbocycles. The molecule has 8 heteroatoms. The zero-order chi connectivity index (χ0) is 13.7. The van der Waals surface area contributed by atoms with Gasteiger partial charge < -0.3 is 15.7 Å². The fraction of sp³-hybridized carbons (Fsp3) is 0.182. The Balaban J connectivity index is 2.15. The van der Waals surface area contributed by atoms with Crippen LogP contribution in [-0.4, -0.2) is 33.2 Å². The molecule has 0 aliphatic rings. The van der Waals surface area contributed by atoms with Crippen LogP contribution in [0.1, 0.15) is 0 Å². The summed E-state index contributed by atoms with van der Waals surface area (Å²) < 4.78 is 0. The second kappa shape index (κ2) is 6.51. The predicted octanol–water partition coefficient (Wildman–Crippen LogP) is 2.33. The molecule has 0 saturated heterocycles. The lowest BCUT2D eigenvalue weighted by molar-refractivity contribution is 0.311. The van der Waals surface area contributed by atoms with Gasteiger partial charge in [0.1, 0.15) is 0 Å². The van der Waals surface area contributed by atoms with Crippen molar-refractivity contribution in [2.45, 2.75) is 0 Å². The number of nitrogens with one attached hydrogen (secondary N) is 2. The molecule has 100 valence electrons. The van der Waals surface area contributed by atoms with Crippen LogP contribution in [-0.2, 0) is 0 Å². The van der Waals surface area contributed by atoms with E-state index in [2.05, 4.69) is 25.6 Å². The molecule has 1 aromatic carbocycles. The summed E-state index contributed by atoms with van der Waals surface area (Å²) in [4.78, 5) is 12.0. The standard InChI is InChI=1S/C11H11Cl2N5O/c12-7-1-3-8(4-2-7)15-11-17-9(13)16-10(18-11)14-5-6-19/h1-4,19H,5-6H2,(H2,14,15,16,17,18). The van der Waals surface area contributed by atoms with E-state index in [0.29, 0.717) is 23.5 Å². The highest BCUT2D eigenvalue weighted by molar-refractivity contribution is 6.30. The fourth-order valence-corrected chi connectivity index (χ4v) is 1.60. The molecule has 1 aromatic heterocycles. The number of halogens is 2. The average molecular weight is 300 g/mol. The Kier molecular flexibility index (Phi) is 4.73. The SMILES string of the molecule is OCCNc1nc(Cl)nc(Nc2ccc(Cl)cc2)n1. The molecule has 3 N–H and O–H groups in total.